The van der Waals surface area contributed by atoms with Gasteiger partial charge in [-0.05, 0) is 23.6 Å². The van der Waals surface area contributed by atoms with Gasteiger partial charge in [-0.15, -0.1) is 12.6 Å². The zero-order valence-corrected chi connectivity index (χ0v) is 16.0. The van der Waals surface area contributed by atoms with Gasteiger partial charge in [0.15, 0.2) is 4.32 Å². The van der Waals surface area contributed by atoms with E-state index in [1.165, 1.54) is 0 Å². The Labute approximate surface area is 165 Å². The first kappa shape index (κ1) is 18.9. The number of halogens is 1. The van der Waals surface area contributed by atoms with E-state index in [1.54, 1.807) is 38.1 Å². The van der Waals surface area contributed by atoms with Crippen LogP contribution in [0.15, 0.2) is 29.4 Å². The van der Waals surface area contributed by atoms with Crippen LogP contribution in [0.3, 0.4) is 0 Å². The average Bonchev–Trinajstić information content (AvgIpc) is 2.26. The number of hydrogen-bond acceptors (Lipinski definition) is 3. The number of thiocarbonyl (C=S) groups is 1. The summed E-state index contributed by atoms with van der Waals surface area (Å²) in [5.41, 5.74) is 2.47. The van der Waals surface area contributed by atoms with Gasteiger partial charge in [-0.2, -0.15) is 5.10 Å². The molecular weight excluding hydrogens is 315 g/mol. The topological polar surface area (TPSA) is 47.5 Å². The molecule has 0 bridgehead atoms. The third kappa shape index (κ3) is 5.46. The fourth-order valence-electron chi connectivity index (χ4n) is 1.23. The predicted octanol–water partition coefficient (Wildman–Crippen LogP) is -0.900. The molecule has 0 aliphatic heterocycles. The van der Waals surface area contributed by atoms with Crippen LogP contribution in [0.5, 0.6) is 0 Å². The number of nitrogens with zero attached hydrogens (tertiary/aromatic N) is 1. The van der Waals surface area contributed by atoms with E-state index < -0.39 is 5.41 Å². The number of hydrazone groups is 1. The van der Waals surface area contributed by atoms with Crippen LogP contribution in [0.2, 0.25) is 5.02 Å². The third-order valence-electron chi connectivity index (χ3n) is 2.35. The van der Waals surface area contributed by atoms with Crippen LogP contribution in [0.4, 0.5) is 0 Å². The zero-order chi connectivity index (χ0) is 13.1. The molecule has 1 aromatic rings. The molecule has 1 N–H and O–H groups in total. The van der Waals surface area contributed by atoms with E-state index in [0.717, 1.165) is 5.56 Å². The van der Waals surface area contributed by atoms with E-state index in [0.29, 0.717) is 5.02 Å². The number of rotatable bonds is 3. The summed E-state index contributed by atoms with van der Waals surface area (Å²) in [7, 11) is 0. The first-order valence-corrected chi connectivity index (χ1v) is 6.07. The molecule has 0 unspecified atom stereocenters. The monoisotopic (exact) mass is 326 g/mol. The largest absolute Gasteiger partial charge is 1.00 e. The van der Waals surface area contributed by atoms with Gasteiger partial charge >= 0.3 is 51.4 Å². The van der Waals surface area contributed by atoms with Crippen molar-refractivity contribution in [3.63, 3.8) is 0 Å². The summed E-state index contributed by atoms with van der Waals surface area (Å²) in [5.74, 6) is -0.323. The number of nitrogens with one attached hydrogen (secondary N) is 1. The Balaban J connectivity index is 0.00000289. The Kier molecular flexibility index (Phi) is 8.60. The smallest absolute Gasteiger partial charge is 0.860 e. The fraction of sp³-hybridized carbons (Fsp3) is 0.273. The van der Waals surface area contributed by atoms with Gasteiger partial charge in [0.05, 0.1) is 0 Å². The van der Waals surface area contributed by atoms with Crippen LogP contribution >= 0.6 is 36.4 Å². The van der Waals surface area contributed by atoms with Crippen LogP contribution < -0.4 is 61.9 Å². The van der Waals surface area contributed by atoms with Crippen molar-refractivity contribution in [1.82, 2.24) is 5.43 Å². The van der Waals surface area contributed by atoms with Gasteiger partial charge in [-0.1, -0.05) is 49.8 Å². The van der Waals surface area contributed by atoms with Crippen molar-refractivity contribution in [3.8, 4) is 0 Å². The molecular formula is C11H12ClKN2OS2. The summed E-state index contributed by atoms with van der Waals surface area (Å²) in [5, 5.41) is 16.2. The molecule has 0 radical (unpaired) electrons. The molecule has 92 valence electrons. The molecule has 0 spiro atoms. The molecule has 0 aromatic heterocycles. The minimum absolute atomic E-state index is 0. The van der Waals surface area contributed by atoms with Crippen molar-refractivity contribution in [2.24, 2.45) is 5.10 Å². The number of benzene rings is 1. The van der Waals surface area contributed by atoms with Crippen molar-refractivity contribution in [3.05, 3.63) is 34.9 Å². The molecule has 18 heavy (non-hydrogen) atoms. The van der Waals surface area contributed by atoms with Gasteiger partial charge in [-0.3, -0.25) is 5.43 Å². The van der Waals surface area contributed by atoms with E-state index in [2.05, 4.69) is 35.4 Å². The van der Waals surface area contributed by atoms with E-state index >= 15 is 0 Å². The van der Waals surface area contributed by atoms with E-state index in [4.69, 9.17) is 11.6 Å². The molecule has 0 atom stereocenters. The van der Waals surface area contributed by atoms with Crippen LogP contribution in [0.1, 0.15) is 19.4 Å². The Hall–Kier alpha value is 0.856. The molecule has 1 rings (SSSR count). The van der Waals surface area contributed by atoms with Crippen LogP contribution in [0, 0.1) is 0 Å². The zero-order valence-electron chi connectivity index (χ0n) is 10.4. The Morgan fingerprint density at radius 2 is 1.89 bits per heavy atom. The molecule has 0 heterocycles. The predicted molar refractivity (Wildman–Crippen MR) is 76.6 cm³/mol. The normalized spacial score (nSPS) is 11.7. The van der Waals surface area contributed by atoms with Gasteiger partial charge in [0, 0.05) is 10.4 Å². The summed E-state index contributed by atoms with van der Waals surface area (Å²) >= 11 is 14.3. The summed E-state index contributed by atoms with van der Waals surface area (Å²) in [6, 6.07) is 7.08. The summed E-state index contributed by atoms with van der Waals surface area (Å²) in [6.07, 6.45) is 0. The minimum atomic E-state index is -0.740. The molecule has 1 aromatic carbocycles. The molecule has 0 saturated heterocycles. The van der Waals surface area contributed by atoms with Crippen molar-refractivity contribution >= 4 is 46.7 Å². The maximum Gasteiger partial charge on any atom is 1.00 e. The standard InChI is InChI=1S/C11H13ClN2OS2.K/c1-11(2,9(15)13-14-10(16)17)7-3-5-8(12)6-4-7;/h3-6H,1-2H3,(H,13,15)(H2,14,16,17);/q;+1/p-1. The minimum Gasteiger partial charge on any atom is -0.860 e. The maximum atomic E-state index is 11.9. The summed E-state index contributed by atoms with van der Waals surface area (Å²) < 4.78 is 0.158. The second-order valence-corrected chi connectivity index (χ2v) is 5.56. The van der Waals surface area contributed by atoms with Crippen LogP contribution in [-0.2, 0) is 5.41 Å². The molecule has 0 aliphatic rings. The summed E-state index contributed by atoms with van der Waals surface area (Å²) in [4.78, 5) is 0. The van der Waals surface area contributed by atoms with Crippen molar-refractivity contribution in [2.75, 3.05) is 0 Å². The first-order chi connectivity index (χ1) is 7.84. The van der Waals surface area contributed by atoms with Gasteiger partial charge in [0.1, 0.15) is 0 Å². The average molecular weight is 327 g/mol. The molecule has 7 heteroatoms. The second-order valence-electron chi connectivity index (χ2n) is 3.97. The van der Waals surface area contributed by atoms with Crippen LogP contribution in [-0.4, -0.2) is 10.2 Å². The summed E-state index contributed by atoms with van der Waals surface area (Å²) in [6.45, 7) is 3.57. The second kappa shape index (κ2) is 8.21. The number of hydrogen-bond donors (Lipinski definition) is 2. The van der Waals surface area contributed by atoms with Gasteiger partial charge in [0.25, 0.3) is 0 Å². The van der Waals surface area contributed by atoms with Gasteiger partial charge < -0.3 is 5.11 Å². The molecule has 0 amide bonds. The number of thiol groups is 1. The molecule has 0 fully saturated rings. The van der Waals surface area contributed by atoms with Crippen molar-refractivity contribution < 1.29 is 56.5 Å². The van der Waals surface area contributed by atoms with Crippen LogP contribution in [0.25, 0.3) is 0 Å². The van der Waals surface area contributed by atoms with Gasteiger partial charge in [0.2, 0.25) is 0 Å². The maximum absolute atomic E-state index is 11.9. The Morgan fingerprint density at radius 3 is 2.33 bits per heavy atom. The quantitative estimate of drug-likeness (QED) is 0.189. The van der Waals surface area contributed by atoms with E-state index in [9.17, 15) is 5.11 Å². The van der Waals surface area contributed by atoms with E-state index in [1.807, 2.05) is 0 Å². The third-order valence-corrected chi connectivity index (χ3v) is 2.80. The molecule has 3 nitrogen and oxygen atoms in total. The Morgan fingerprint density at radius 1 is 1.39 bits per heavy atom. The Bertz CT molecular complexity index is 449. The first-order valence-electron chi connectivity index (χ1n) is 4.84. The molecule has 0 saturated carbocycles. The molecule has 0 aliphatic carbocycles. The van der Waals surface area contributed by atoms with Crippen molar-refractivity contribution in [2.45, 2.75) is 19.3 Å². The van der Waals surface area contributed by atoms with E-state index in [-0.39, 0.29) is 61.6 Å². The van der Waals surface area contributed by atoms with Crippen molar-refractivity contribution in [1.29, 1.82) is 0 Å². The fourth-order valence-corrected chi connectivity index (χ4v) is 1.45. The SMILES string of the molecule is CC(C)(C([O-])=NNC(=S)S)c1ccc(Cl)cc1.[K+]. The van der Waals surface area contributed by atoms with Gasteiger partial charge in [-0.25, -0.2) is 0 Å².